The normalized spacial score (nSPS) is 19.0. The van der Waals surface area contributed by atoms with Crippen molar-refractivity contribution >= 4 is 28.2 Å². The second kappa shape index (κ2) is 7.24. The van der Waals surface area contributed by atoms with Gasteiger partial charge in [0.2, 0.25) is 0 Å². The van der Waals surface area contributed by atoms with Crippen LogP contribution < -0.4 is 5.73 Å². The van der Waals surface area contributed by atoms with Gasteiger partial charge < -0.3 is 10.6 Å². The molecule has 5 nitrogen and oxygen atoms in total. The average molecular weight is 333 g/mol. The first-order chi connectivity index (χ1) is 9.43. The minimum atomic E-state index is -3.30. The number of hydrogen-bond donors (Lipinski definition) is 1. The van der Waals surface area contributed by atoms with Crippen LogP contribution in [0.1, 0.15) is 29.6 Å². The molecular formula is C14H21ClN2O3S. The Kier molecular flexibility index (Phi) is 6.19. The fraction of sp³-hybridized carbons (Fsp3) is 0.500. The van der Waals surface area contributed by atoms with Gasteiger partial charge in [0, 0.05) is 31.0 Å². The molecule has 1 aromatic carbocycles. The summed E-state index contributed by atoms with van der Waals surface area (Å²) in [6.07, 6.45) is 4.09. The summed E-state index contributed by atoms with van der Waals surface area (Å²) in [6, 6.07) is 6.26. The van der Waals surface area contributed by atoms with E-state index in [2.05, 4.69) is 0 Å². The number of likely N-dealkylation sites (tertiary alicyclic amines) is 1. The Hall–Kier alpha value is -1.11. The van der Waals surface area contributed by atoms with Gasteiger partial charge in [-0.1, -0.05) is 6.07 Å². The zero-order valence-electron chi connectivity index (χ0n) is 12.0. The van der Waals surface area contributed by atoms with E-state index < -0.39 is 9.84 Å². The maximum absolute atomic E-state index is 12.5. The molecule has 2 N–H and O–H groups in total. The van der Waals surface area contributed by atoms with E-state index in [9.17, 15) is 13.2 Å². The molecule has 1 fully saturated rings. The summed E-state index contributed by atoms with van der Waals surface area (Å²) < 4.78 is 23.1. The van der Waals surface area contributed by atoms with Gasteiger partial charge >= 0.3 is 0 Å². The van der Waals surface area contributed by atoms with Crippen molar-refractivity contribution in [3.05, 3.63) is 29.8 Å². The van der Waals surface area contributed by atoms with Gasteiger partial charge in [-0.05, 0) is 37.5 Å². The highest BCUT2D eigenvalue weighted by Gasteiger charge is 2.26. The van der Waals surface area contributed by atoms with Gasteiger partial charge in [-0.15, -0.1) is 12.4 Å². The van der Waals surface area contributed by atoms with Crippen LogP contribution in [0.5, 0.6) is 0 Å². The summed E-state index contributed by atoms with van der Waals surface area (Å²) in [6.45, 7) is 1.13. The van der Waals surface area contributed by atoms with Crippen LogP contribution in [0.3, 0.4) is 0 Å². The molecule has 0 aliphatic carbocycles. The summed E-state index contributed by atoms with van der Waals surface area (Å²) in [7, 11) is -3.30. The lowest BCUT2D eigenvalue weighted by Gasteiger charge is -2.35. The number of rotatable bonds is 3. The van der Waals surface area contributed by atoms with Gasteiger partial charge in [0.25, 0.3) is 5.91 Å². The van der Waals surface area contributed by atoms with Gasteiger partial charge in [0.05, 0.1) is 4.90 Å². The fourth-order valence-corrected chi connectivity index (χ4v) is 3.21. The molecule has 0 spiro atoms. The molecule has 118 valence electrons. The minimum absolute atomic E-state index is 0. The van der Waals surface area contributed by atoms with E-state index in [1.807, 2.05) is 0 Å². The zero-order chi connectivity index (χ0) is 14.8. The third-order valence-electron chi connectivity index (χ3n) is 3.67. The number of nitrogens with zero attached hydrogens (tertiary/aromatic N) is 1. The third-order valence-corrected chi connectivity index (χ3v) is 4.78. The number of nitrogens with two attached hydrogens (primary N) is 1. The van der Waals surface area contributed by atoms with Crippen LogP contribution in [0.15, 0.2) is 29.2 Å². The Morgan fingerprint density at radius 2 is 2.10 bits per heavy atom. The van der Waals surface area contributed by atoms with E-state index in [1.165, 1.54) is 12.1 Å². The number of carbonyl (C=O) groups is 1. The Morgan fingerprint density at radius 1 is 1.38 bits per heavy atom. The van der Waals surface area contributed by atoms with Crippen molar-refractivity contribution in [3.63, 3.8) is 0 Å². The second-order valence-corrected chi connectivity index (χ2v) is 7.20. The molecule has 1 aliphatic rings. The summed E-state index contributed by atoms with van der Waals surface area (Å²) in [5.74, 6) is -0.134. The predicted molar refractivity (Wildman–Crippen MR) is 84.5 cm³/mol. The topological polar surface area (TPSA) is 80.5 Å². The smallest absolute Gasteiger partial charge is 0.254 e. The van der Waals surface area contributed by atoms with Crippen molar-refractivity contribution in [1.29, 1.82) is 0 Å². The number of amides is 1. The third kappa shape index (κ3) is 4.18. The molecule has 0 radical (unpaired) electrons. The van der Waals surface area contributed by atoms with Gasteiger partial charge in [0.15, 0.2) is 9.84 Å². The summed E-state index contributed by atoms with van der Waals surface area (Å²) in [4.78, 5) is 14.5. The number of benzene rings is 1. The van der Waals surface area contributed by atoms with E-state index in [1.54, 1.807) is 17.0 Å². The largest absolute Gasteiger partial charge is 0.334 e. The summed E-state index contributed by atoms with van der Waals surface area (Å²) in [5.41, 5.74) is 6.13. The van der Waals surface area contributed by atoms with Gasteiger partial charge in [-0.25, -0.2) is 8.42 Å². The molecule has 1 amide bonds. The Labute approximate surface area is 131 Å². The van der Waals surface area contributed by atoms with Crippen LogP contribution in [0.4, 0.5) is 0 Å². The first-order valence-corrected chi connectivity index (χ1v) is 8.64. The zero-order valence-corrected chi connectivity index (χ0v) is 13.6. The Morgan fingerprint density at radius 3 is 2.71 bits per heavy atom. The molecule has 21 heavy (non-hydrogen) atoms. The molecular weight excluding hydrogens is 312 g/mol. The lowest BCUT2D eigenvalue weighted by Crippen LogP contribution is -2.47. The highest BCUT2D eigenvalue weighted by atomic mass is 35.5. The van der Waals surface area contributed by atoms with Crippen LogP contribution >= 0.6 is 12.4 Å². The highest BCUT2D eigenvalue weighted by Crippen LogP contribution is 2.20. The fourth-order valence-electron chi connectivity index (χ4n) is 2.54. The molecule has 1 saturated heterocycles. The molecule has 1 unspecified atom stereocenters. The lowest BCUT2D eigenvalue weighted by atomic mass is 10.0. The van der Waals surface area contributed by atoms with Crippen molar-refractivity contribution in [1.82, 2.24) is 4.90 Å². The number of piperidine rings is 1. The lowest BCUT2D eigenvalue weighted by molar-refractivity contribution is 0.0623. The van der Waals surface area contributed by atoms with Crippen LogP contribution in [-0.4, -0.2) is 44.6 Å². The maximum atomic E-state index is 12.5. The Balaban J connectivity index is 0.00000220. The number of hydrogen-bond acceptors (Lipinski definition) is 4. The minimum Gasteiger partial charge on any atom is -0.334 e. The Bertz CT molecular complexity index is 604. The van der Waals surface area contributed by atoms with E-state index in [-0.39, 0.29) is 29.3 Å². The van der Waals surface area contributed by atoms with Crippen molar-refractivity contribution in [2.24, 2.45) is 5.73 Å². The number of sulfone groups is 1. The van der Waals surface area contributed by atoms with Crippen LogP contribution in [0, 0.1) is 0 Å². The quantitative estimate of drug-likeness (QED) is 0.908. The van der Waals surface area contributed by atoms with Crippen LogP contribution in [-0.2, 0) is 9.84 Å². The molecule has 7 heteroatoms. The van der Waals surface area contributed by atoms with Crippen molar-refractivity contribution in [2.45, 2.75) is 30.2 Å². The first-order valence-electron chi connectivity index (χ1n) is 6.74. The van der Waals surface area contributed by atoms with Crippen LogP contribution in [0.2, 0.25) is 0 Å². The van der Waals surface area contributed by atoms with Crippen molar-refractivity contribution in [2.75, 3.05) is 19.3 Å². The highest BCUT2D eigenvalue weighted by molar-refractivity contribution is 7.90. The van der Waals surface area contributed by atoms with E-state index >= 15 is 0 Å². The standard InChI is InChI=1S/C14H20N2O3S.ClH/c1-20(18,19)13-7-4-5-11(9-13)14(17)16-8-3-2-6-12(16)10-15;/h4-5,7,9,12H,2-3,6,8,10,15H2,1H3;1H. The maximum Gasteiger partial charge on any atom is 0.254 e. The van der Waals surface area contributed by atoms with Gasteiger partial charge in [0.1, 0.15) is 0 Å². The molecule has 0 bridgehead atoms. The van der Waals surface area contributed by atoms with Crippen molar-refractivity contribution in [3.8, 4) is 0 Å². The average Bonchev–Trinajstić information content (AvgIpc) is 2.45. The van der Waals surface area contributed by atoms with E-state index in [0.717, 1.165) is 25.5 Å². The number of carbonyl (C=O) groups excluding carboxylic acids is 1. The molecule has 1 aromatic rings. The van der Waals surface area contributed by atoms with E-state index in [0.29, 0.717) is 18.7 Å². The number of halogens is 1. The molecule has 1 atom stereocenters. The predicted octanol–water partition coefficient (Wildman–Crippen LogP) is 1.47. The van der Waals surface area contributed by atoms with E-state index in [4.69, 9.17) is 5.73 Å². The van der Waals surface area contributed by atoms with Gasteiger partial charge in [-0.3, -0.25) is 4.79 Å². The molecule has 0 aromatic heterocycles. The summed E-state index contributed by atoms with van der Waals surface area (Å²) in [5, 5.41) is 0. The molecule has 0 saturated carbocycles. The van der Waals surface area contributed by atoms with Gasteiger partial charge in [-0.2, -0.15) is 0 Å². The summed E-state index contributed by atoms with van der Waals surface area (Å²) >= 11 is 0. The molecule has 2 rings (SSSR count). The second-order valence-electron chi connectivity index (χ2n) is 5.18. The molecule has 1 aliphatic heterocycles. The monoisotopic (exact) mass is 332 g/mol. The first kappa shape index (κ1) is 17.9. The molecule has 1 heterocycles. The van der Waals surface area contributed by atoms with Crippen molar-refractivity contribution < 1.29 is 13.2 Å². The van der Waals surface area contributed by atoms with Crippen LogP contribution in [0.25, 0.3) is 0 Å². The SMILES string of the molecule is CS(=O)(=O)c1cccc(C(=O)N2CCCCC2CN)c1.Cl.